The summed E-state index contributed by atoms with van der Waals surface area (Å²) >= 11 is 0. The van der Waals surface area contributed by atoms with Gasteiger partial charge in [0, 0.05) is 18.7 Å². The molecule has 0 radical (unpaired) electrons. The summed E-state index contributed by atoms with van der Waals surface area (Å²) in [4.78, 5) is 14.1. The van der Waals surface area contributed by atoms with E-state index in [0.29, 0.717) is 24.2 Å². The summed E-state index contributed by atoms with van der Waals surface area (Å²) in [5.41, 5.74) is 1.24. The lowest BCUT2D eigenvalue weighted by molar-refractivity contribution is 0.0521. The molecule has 3 nitrogen and oxygen atoms in total. The third-order valence-electron chi connectivity index (χ3n) is 3.93. The average molecular weight is 265 g/mol. The topological polar surface area (TPSA) is 40.5 Å². The number of likely N-dealkylation sites (tertiary alicyclic amines) is 1. The molecule has 1 atom stereocenters. The van der Waals surface area contributed by atoms with E-state index in [0.717, 1.165) is 12.8 Å². The van der Waals surface area contributed by atoms with Crippen LogP contribution < -0.4 is 0 Å². The Balaban J connectivity index is 2.05. The van der Waals surface area contributed by atoms with Gasteiger partial charge in [-0.05, 0) is 56.4 Å². The van der Waals surface area contributed by atoms with E-state index >= 15 is 0 Å². The van der Waals surface area contributed by atoms with Crippen molar-refractivity contribution in [2.45, 2.75) is 32.8 Å². The highest BCUT2D eigenvalue weighted by atomic mass is 19.1. The van der Waals surface area contributed by atoms with Gasteiger partial charge in [-0.25, -0.2) is 4.39 Å². The standard InChI is InChI=1S/C15H20FNO2/c1-10-9-13(16)3-4-14(10)15(19)17-7-5-12(6-8-17)11(2)18/h3-4,9,11-12,18H,5-8H2,1-2H3. The predicted octanol–water partition coefficient (Wildman–Crippen LogP) is 2.37. The number of rotatable bonds is 2. The molecule has 4 heteroatoms. The molecule has 1 unspecified atom stereocenters. The first-order chi connectivity index (χ1) is 8.99. The molecule has 0 spiro atoms. The zero-order valence-corrected chi connectivity index (χ0v) is 11.4. The molecular weight excluding hydrogens is 245 g/mol. The number of piperidine rings is 1. The van der Waals surface area contributed by atoms with Crippen LogP contribution in [-0.2, 0) is 0 Å². The maximum Gasteiger partial charge on any atom is 0.254 e. The molecule has 1 saturated heterocycles. The Kier molecular flexibility index (Phi) is 4.20. The third-order valence-corrected chi connectivity index (χ3v) is 3.93. The van der Waals surface area contributed by atoms with Gasteiger partial charge >= 0.3 is 0 Å². The summed E-state index contributed by atoms with van der Waals surface area (Å²) in [6.07, 6.45) is 1.33. The molecule has 0 aliphatic carbocycles. The van der Waals surface area contributed by atoms with Crippen molar-refractivity contribution in [2.75, 3.05) is 13.1 Å². The average Bonchev–Trinajstić information content (AvgIpc) is 2.38. The van der Waals surface area contributed by atoms with Crippen LogP contribution in [0.25, 0.3) is 0 Å². The molecule has 1 aromatic rings. The second-order valence-corrected chi connectivity index (χ2v) is 5.33. The number of amides is 1. The van der Waals surface area contributed by atoms with Crippen LogP contribution in [0, 0.1) is 18.7 Å². The van der Waals surface area contributed by atoms with Crippen LogP contribution in [0.3, 0.4) is 0 Å². The van der Waals surface area contributed by atoms with E-state index in [2.05, 4.69) is 0 Å². The first kappa shape index (κ1) is 14.0. The molecule has 0 aromatic heterocycles. The van der Waals surface area contributed by atoms with E-state index in [-0.39, 0.29) is 23.7 Å². The van der Waals surface area contributed by atoms with E-state index in [9.17, 15) is 14.3 Å². The first-order valence-electron chi connectivity index (χ1n) is 6.72. The maximum atomic E-state index is 13.0. The van der Waals surface area contributed by atoms with Crippen LogP contribution >= 0.6 is 0 Å². The fraction of sp³-hybridized carbons (Fsp3) is 0.533. The van der Waals surface area contributed by atoms with Gasteiger partial charge < -0.3 is 10.0 Å². The summed E-state index contributed by atoms with van der Waals surface area (Å²) < 4.78 is 13.0. The number of carbonyl (C=O) groups is 1. The lowest BCUT2D eigenvalue weighted by atomic mass is 9.91. The second-order valence-electron chi connectivity index (χ2n) is 5.33. The minimum atomic E-state index is -0.318. The van der Waals surface area contributed by atoms with Gasteiger partial charge in [-0.15, -0.1) is 0 Å². The second kappa shape index (κ2) is 5.70. The van der Waals surface area contributed by atoms with Gasteiger partial charge in [0.05, 0.1) is 6.10 Å². The predicted molar refractivity (Wildman–Crippen MR) is 71.4 cm³/mol. The van der Waals surface area contributed by atoms with Crippen molar-refractivity contribution in [2.24, 2.45) is 5.92 Å². The minimum absolute atomic E-state index is 0.0402. The van der Waals surface area contributed by atoms with Crippen molar-refractivity contribution in [3.63, 3.8) is 0 Å². The summed E-state index contributed by atoms with van der Waals surface area (Å²) in [6.45, 7) is 4.86. The normalized spacial score (nSPS) is 18.4. The number of aliphatic hydroxyl groups excluding tert-OH is 1. The highest BCUT2D eigenvalue weighted by Crippen LogP contribution is 2.22. The Bertz CT molecular complexity index is 465. The Hall–Kier alpha value is -1.42. The van der Waals surface area contributed by atoms with Crippen molar-refractivity contribution in [1.82, 2.24) is 4.90 Å². The molecule has 1 N–H and O–H groups in total. The minimum Gasteiger partial charge on any atom is -0.393 e. The van der Waals surface area contributed by atoms with E-state index in [1.54, 1.807) is 24.8 Å². The maximum absolute atomic E-state index is 13.0. The Morgan fingerprint density at radius 3 is 2.58 bits per heavy atom. The van der Waals surface area contributed by atoms with E-state index in [1.165, 1.54) is 12.1 Å². The van der Waals surface area contributed by atoms with Crippen LogP contribution in [0.1, 0.15) is 35.7 Å². The number of benzene rings is 1. The number of carbonyl (C=O) groups excluding carboxylic acids is 1. The molecule has 1 fully saturated rings. The summed E-state index contributed by atoms with van der Waals surface area (Å²) in [6, 6.07) is 4.26. The van der Waals surface area contributed by atoms with Gasteiger partial charge in [-0.2, -0.15) is 0 Å². The molecular formula is C15H20FNO2. The number of aryl methyl sites for hydroxylation is 1. The molecule has 1 amide bonds. The molecule has 104 valence electrons. The van der Waals surface area contributed by atoms with Crippen molar-refractivity contribution in [3.05, 3.63) is 35.1 Å². The lowest BCUT2D eigenvalue weighted by Gasteiger charge is -2.33. The number of halogens is 1. The molecule has 19 heavy (non-hydrogen) atoms. The fourth-order valence-corrected chi connectivity index (χ4v) is 2.62. The van der Waals surface area contributed by atoms with Gasteiger partial charge in [0.15, 0.2) is 0 Å². The lowest BCUT2D eigenvalue weighted by Crippen LogP contribution is -2.41. The van der Waals surface area contributed by atoms with Crippen LogP contribution in [0.4, 0.5) is 4.39 Å². The van der Waals surface area contributed by atoms with Crippen LogP contribution in [0.15, 0.2) is 18.2 Å². The SMILES string of the molecule is Cc1cc(F)ccc1C(=O)N1CCC(C(C)O)CC1. The van der Waals surface area contributed by atoms with Crippen LogP contribution in [0.5, 0.6) is 0 Å². The highest BCUT2D eigenvalue weighted by Gasteiger charge is 2.26. The Morgan fingerprint density at radius 2 is 2.05 bits per heavy atom. The number of hydrogen-bond donors (Lipinski definition) is 1. The van der Waals surface area contributed by atoms with Crippen LogP contribution in [0.2, 0.25) is 0 Å². The molecule has 1 aromatic carbocycles. The highest BCUT2D eigenvalue weighted by molar-refractivity contribution is 5.95. The smallest absolute Gasteiger partial charge is 0.254 e. The van der Waals surface area contributed by atoms with E-state index < -0.39 is 0 Å². The third kappa shape index (κ3) is 3.13. The van der Waals surface area contributed by atoms with E-state index in [1.807, 2.05) is 0 Å². The number of hydrogen-bond acceptors (Lipinski definition) is 2. The van der Waals surface area contributed by atoms with Crippen molar-refractivity contribution >= 4 is 5.91 Å². The van der Waals surface area contributed by atoms with Gasteiger partial charge in [-0.3, -0.25) is 4.79 Å². The fourth-order valence-electron chi connectivity index (χ4n) is 2.62. The molecule has 1 heterocycles. The quantitative estimate of drug-likeness (QED) is 0.891. The summed E-state index contributed by atoms with van der Waals surface area (Å²) in [5, 5.41) is 9.55. The van der Waals surface area contributed by atoms with Crippen molar-refractivity contribution < 1.29 is 14.3 Å². The molecule has 2 rings (SSSR count). The summed E-state index contributed by atoms with van der Waals surface area (Å²) in [7, 11) is 0. The molecule has 1 aliphatic rings. The number of nitrogens with zero attached hydrogens (tertiary/aromatic N) is 1. The van der Waals surface area contributed by atoms with Gasteiger partial charge in [-0.1, -0.05) is 0 Å². The van der Waals surface area contributed by atoms with Gasteiger partial charge in [0.1, 0.15) is 5.82 Å². The largest absolute Gasteiger partial charge is 0.393 e. The van der Waals surface area contributed by atoms with Gasteiger partial charge in [0.2, 0.25) is 0 Å². The Morgan fingerprint density at radius 1 is 1.42 bits per heavy atom. The van der Waals surface area contributed by atoms with Crippen molar-refractivity contribution in [3.8, 4) is 0 Å². The first-order valence-corrected chi connectivity index (χ1v) is 6.72. The van der Waals surface area contributed by atoms with Gasteiger partial charge in [0.25, 0.3) is 5.91 Å². The molecule has 0 bridgehead atoms. The molecule has 0 saturated carbocycles. The molecule has 1 aliphatic heterocycles. The summed E-state index contributed by atoms with van der Waals surface area (Å²) in [5.74, 6) is -0.0817. The monoisotopic (exact) mass is 265 g/mol. The zero-order chi connectivity index (χ0) is 14.0. The van der Waals surface area contributed by atoms with Crippen LogP contribution in [-0.4, -0.2) is 35.1 Å². The van der Waals surface area contributed by atoms with Crippen molar-refractivity contribution in [1.29, 1.82) is 0 Å². The number of aliphatic hydroxyl groups is 1. The zero-order valence-electron chi connectivity index (χ0n) is 11.4. The Labute approximate surface area is 113 Å². The van der Waals surface area contributed by atoms with E-state index in [4.69, 9.17) is 0 Å².